The summed E-state index contributed by atoms with van der Waals surface area (Å²) >= 11 is 3.56. The zero-order valence-electron chi connectivity index (χ0n) is 11.0. The number of hydrogen-bond acceptors (Lipinski definition) is 2. The largest absolute Gasteiger partial charge is 0.361 e. The van der Waals surface area contributed by atoms with Crippen molar-refractivity contribution in [2.45, 2.75) is 6.42 Å². The van der Waals surface area contributed by atoms with Crippen LogP contribution in [0.4, 0.5) is 0 Å². The van der Waals surface area contributed by atoms with Crippen molar-refractivity contribution >= 4 is 45.1 Å². The van der Waals surface area contributed by atoms with E-state index in [-0.39, 0.29) is 18.3 Å². The number of halogens is 2. The van der Waals surface area contributed by atoms with E-state index in [1.54, 1.807) is 0 Å². The lowest BCUT2D eigenvalue weighted by molar-refractivity contribution is -0.131. The minimum atomic E-state index is 0. The molecule has 2 heterocycles. The molecule has 1 aromatic carbocycles. The maximum absolute atomic E-state index is 12.3. The molecule has 108 valence electrons. The van der Waals surface area contributed by atoms with Gasteiger partial charge in [-0.2, -0.15) is 0 Å². The van der Waals surface area contributed by atoms with Gasteiger partial charge in [0.2, 0.25) is 5.91 Å². The first-order valence-corrected chi connectivity index (χ1v) is 7.28. The number of fused-ring (bicyclic) bond motifs is 1. The Hall–Kier alpha value is -1.04. The molecule has 1 aliphatic rings. The molecule has 0 saturated carbocycles. The van der Waals surface area contributed by atoms with Gasteiger partial charge in [-0.05, 0) is 17.7 Å². The maximum Gasteiger partial charge on any atom is 0.227 e. The van der Waals surface area contributed by atoms with Crippen molar-refractivity contribution in [3.8, 4) is 0 Å². The highest BCUT2D eigenvalue weighted by molar-refractivity contribution is 9.10. The second-order valence-electron chi connectivity index (χ2n) is 4.78. The Bertz CT molecular complexity index is 607. The van der Waals surface area contributed by atoms with Gasteiger partial charge in [0, 0.05) is 47.8 Å². The van der Waals surface area contributed by atoms with E-state index in [4.69, 9.17) is 0 Å². The molecular formula is C14H17BrClN3O. The average Bonchev–Trinajstić information content (AvgIpc) is 2.84. The van der Waals surface area contributed by atoms with Crippen molar-refractivity contribution < 1.29 is 4.79 Å². The van der Waals surface area contributed by atoms with E-state index in [0.29, 0.717) is 6.42 Å². The Morgan fingerprint density at radius 2 is 2.05 bits per heavy atom. The zero-order valence-corrected chi connectivity index (χ0v) is 13.4. The van der Waals surface area contributed by atoms with Crippen molar-refractivity contribution in [1.82, 2.24) is 15.2 Å². The van der Waals surface area contributed by atoms with Crippen molar-refractivity contribution in [3.63, 3.8) is 0 Å². The van der Waals surface area contributed by atoms with Crippen molar-refractivity contribution in [3.05, 3.63) is 34.4 Å². The minimum Gasteiger partial charge on any atom is -0.361 e. The van der Waals surface area contributed by atoms with Crippen LogP contribution in [0.25, 0.3) is 10.9 Å². The second kappa shape index (κ2) is 6.61. The number of piperazine rings is 1. The number of amides is 1. The first-order chi connectivity index (χ1) is 9.25. The topological polar surface area (TPSA) is 48.1 Å². The summed E-state index contributed by atoms with van der Waals surface area (Å²) in [7, 11) is 0. The molecule has 0 bridgehead atoms. The predicted molar refractivity (Wildman–Crippen MR) is 86.4 cm³/mol. The molecule has 2 aromatic rings. The van der Waals surface area contributed by atoms with Gasteiger partial charge in [-0.15, -0.1) is 12.4 Å². The molecule has 2 N–H and O–H groups in total. The van der Waals surface area contributed by atoms with E-state index in [0.717, 1.165) is 47.1 Å². The fraction of sp³-hybridized carbons (Fsp3) is 0.357. The Morgan fingerprint density at radius 1 is 1.30 bits per heavy atom. The molecule has 1 aromatic heterocycles. The predicted octanol–water partition coefficient (Wildman–Crippen LogP) is 2.33. The van der Waals surface area contributed by atoms with Gasteiger partial charge in [0.15, 0.2) is 0 Å². The van der Waals surface area contributed by atoms with Crippen LogP contribution in [0, 0.1) is 0 Å². The van der Waals surface area contributed by atoms with E-state index in [9.17, 15) is 4.79 Å². The third-order valence-electron chi connectivity index (χ3n) is 3.55. The summed E-state index contributed by atoms with van der Waals surface area (Å²) in [5.41, 5.74) is 2.13. The van der Waals surface area contributed by atoms with Crippen LogP contribution in [0.3, 0.4) is 0 Å². The van der Waals surface area contributed by atoms with Gasteiger partial charge >= 0.3 is 0 Å². The summed E-state index contributed by atoms with van der Waals surface area (Å²) in [5, 5.41) is 4.38. The quantitative estimate of drug-likeness (QED) is 0.865. The molecule has 0 unspecified atom stereocenters. The number of carbonyl (C=O) groups excluding carboxylic acids is 1. The lowest BCUT2D eigenvalue weighted by atomic mass is 10.1. The van der Waals surface area contributed by atoms with Crippen LogP contribution in [0.2, 0.25) is 0 Å². The van der Waals surface area contributed by atoms with Gasteiger partial charge in [0.25, 0.3) is 0 Å². The fourth-order valence-corrected chi connectivity index (χ4v) is 3.16. The summed E-state index contributed by atoms with van der Waals surface area (Å²) < 4.78 is 1.04. The van der Waals surface area contributed by atoms with E-state index in [1.165, 1.54) is 0 Å². The average molecular weight is 359 g/mol. The van der Waals surface area contributed by atoms with E-state index < -0.39 is 0 Å². The SMILES string of the molecule is Cl.O=C(Cc1c[nH]c2cccc(Br)c12)N1CCNCC1. The number of hydrogen-bond donors (Lipinski definition) is 2. The van der Waals surface area contributed by atoms with Crippen LogP contribution in [0.1, 0.15) is 5.56 Å². The Kier molecular flexibility index (Phi) is 5.07. The highest BCUT2D eigenvalue weighted by Gasteiger charge is 2.18. The van der Waals surface area contributed by atoms with Crippen LogP contribution in [-0.2, 0) is 11.2 Å². The highest BCUT2D eigenvalue weighted by Crippen LogP contribution is 2.27. The van der Waals surface area contributed by atoms with Gasteiger partial charge in [-0.1, -0.05) is 22.0 Å². The number of nitrogens with zero attached hydrogens (tertiary/aromatic N) is 1. The summed E-state index contributed by atoms with van der Waals surface area (Å²) in [6.07, 6.45) is 2.40. The van der Waals surface area contributed by atoms with Crippen LogP contribution in [0.15, 0.2) is 28.9 Å². The number of nitrogens with one attached hydrogen (secondary N) is 2. The number of benzene rings is 1. The molecule has 0 spiro atoms. The van der Waals surface area contributed by atoms with Gasteiger partial charge < -0.3 is 15.2 Å². The summed E-state index contributed by atoms with van der Waals surface area (Å²) in [4.78, 5) is 17.5. The van der Waals surface area contributed by atoms with Gasteiger partial charge in [-0.3, -0.25) is 4.79 Å². The molecule has 1 fully saturated rings. The smallest absolute Gasteiger partial charge is 0.227 e. The Morgan fingerprint density at radius 3 is 2.80 bits per heavy atom. The first-order valence-electron chi connectivity index (χ1n) is 6.48. The lowest BCUT2D eigenvalue weighted by Gasteiger charge is -2.27. The molecule has 1 amide bonds. The third-order valence-corrected chi connectivity index (χ3v) is 4.21. The molecule has 6 heteroatoms. The first kappa shape index (κ1) is 15.4. The molecule has 20 heavy (non-hydrogen) atoms. The third kappa shape index (κ3) is 3.00. The van der Waals surface area contributed by atoms with Gasteiger partial charge in [-0.25, -0.2) is 0 Å². The maximum atomic E-state index is 12.3. The van der Waals surface area contributed by atoms with Crippen LogP contribution < -0.4 is 5.32 Å². The van der Waals surface area contributed by atoms with E-state index >= 15 is 0 Å². The van der Waals surface area contributed by atoms with Crippen molar-refractivity contribution in [1.29, 1.82) is 0 Å². The lowest BCUT2D eigenvalue weighted by Crippen LogP contribution is -2.46. The zero-order chi connectivity index (χ0) is 13.2. The number of aromatic amines is 1. The summed E-state index contributed by atoms with van der Waals surface area (Å²) in [6, 6.07) is 6.03. The molecule has 0 aliphatic carbocycles. The number of rotatable bonds is 2. The van der Waals surface area contributed by atoms with Crippen molar-refractivity contribution in [2.24, 2.45) is 0 Å². The van der Waals surface area contributed by atoms with Crippen LogP contribution in [-0.4, -0.2) is 42.0 Å². The van der Waals surface area contributed by atoms with E-state index in [1.807, 2.05) is 29.3 Å². The second-order valence-corrected chi connectivity index (χ2v) is 5.64. The standard InChI is InChI=1S/C14H16BrN3O.ClH/c15-11-2-1-3-12-14(11)10(9-17-12)8-13(19)18-6-4-16-5-7-18;/h1-3,9,16-17H,4-8H2;1H. The highest BCUT2D eigenvalue weighted by atomic mass is 79.9. The molecule has 3 rings (SSSR count). The Labute approximate surface area is 132 Å². The number of carbonyl (C=O) groups is 1. The van der Waals surface area contributed by atoms with Crippen LogP contribution in [0.5, 0.6) is 0 Å². The minimum absolute atomic E-state index is 0. The number of aromatic nitrogens is 1. The molecule has 1 aliphatic heterocycles. The molecule has 0 radical (unpaired) electrons. The van der Waals surface area contributed by atoms with Gasteiger partial charge in [0.05, 0.1) is 6.42 Å². The normalized spacial score (nSPS) is 15.2. The monoisotopic (exact) mass is 357 g/mol. The van der Waals surface area contributed by atoms with Gasteiger partial charge in [0.1, 0.15) is 0 Å². The molecule has 1 saturated heterocycles. The molecular weight excluding hydrogens is 342 g/mol. The van der Waals surface area contributed by atoms with Crippen molar-refractivity contribution in [2.75, 3.05) is 26.2 Å². The molecule has 4 nitrogen and oxygen atoms in total. The summed E-state index contributed by atoms with van der Waals surface area (Å²) in [6.45, 7) is 3.40. The van der Waals surface area contributed by atoms with E-state index in [2.05, 4.69) is 26.2 Å². The van der Waals surface area contributed by atoms with Crippen LogP contribution >= 0.6 is 28.3 Å². The summed E-state index contributed by atoms with van der Waals surface area (Å²) in [5.74, 6) is 0.207. The Balaban J connectivity index is 0.00000147. The molecule has 0 atom stereocenters. The fourth-order valence-electron chi connectivity index (χ4n) is 2.54. The number of H-pyrrole nitrogens is 1.